The van der Waals surface area contributed by atoms with E-state index in [1.165, 1.54) is 24.3 Å². The highest BCUT2D eigenvalue weighted by atomic mass is 33.1. The molecular weight excluding hydrogens is 1220 g/mol. The largest absolute Gasteiger partial charge is 0.481 e. The van der Waals surface area contributed by atoms with Gasteiger partial charge in [0, 0.05) is 35.7 Å². The van der Waals surface area contributed by atoms with E-state index in [9.17, 15) is 129 Å². The summed E-state index contributed by atoms with van der Waals surface area (Å²) >= 11 is 0. The van der Waals surface area contributed by atoms with Crippen LogP contribution in [0.3, 0.4) is 0 Å². The van der Waals surface area contributed by atoms with Gasteiger partial charge in [0.25, 0.3) is 17.9 Å². The molecule has 0 spiro atoms. The van der Waals surface area contributed by atoms with E-state index in [1.54, 1.807) is 34.1 Å². The van der Waals surface area contributed by atoms with Crippen molar-refractivity contribution in [3.8, 4) is 0 Å². The fourth-order valence-electron chi connectivity index (χ4n) is 7.68. The number of nitrogens with one attached hydrogen (secondary N) is 8. The van der Waals surface area contributed by atoms with E-state index in [-0.39, 0.29) is 42.3 Å². The molecule has 15 atom stereocenters. The van der Waals surface area contributed by atoms with Crippen LogP contribution in [0.2, 0.25) is 0 Å². The Morgan fingerprint density at radius 3 is 1.61 bits per heavy atom. The number of amides is 6. The SMILES string of the molecule is Nc1nc2ccc(CNc3ccc(C(=O)N[C@@H](CCC(=O)N[C@H](C(=O)N[C@@H](CC(=O)O)C(=O)N[C@H](C(=O)N[C@H](C(=O)N[C@@H](CSSCCOC=O)C(=O)O)[C@@H](O)[C@H](O)[C@H](O)CO)[C@@H](O)[C@H](O)[C@H](O)CO)[C@@H](O)[C@H](O)[C@H](O)CO)C(=O)O)cc3)cc2c(=O)[nH]1. The number of fused-ring (bicyclic) bond motifs is 1. The van der Waals surface area contributed by atoms with Crippen LogP contribution in [-0.2, 0) is 54.4 Å². The molecule has 3 aromatic rings. The van der Waals surface area contributed by atoms with Crippen molar-refractivity contribution in [1.29, 1.82) is 0 Å². The first kappa shape index (κ1) is 74.4. The van der Waals surface area contributed by atoms with Crippen molar-refractivity contribution in [2.75, 3.05) is 49.0 Å². The number of aliphatic hydroxyl groups is 12. The smallest absolute Gasteiger partial charge is 0.327 e. The zero-order chi connectivity index (χ0) is 66.1. The number of H-pyrrole nitrogens is 1. The van der Waals surface area contributed by atoms with Crippen LogP contribution in [0.5, 0.6) is 0 Å². The minimum Gasteiger partial charge on any atom is -0.481 e. The van der Waals surface area contributed by atoms with E-state index in [0.717, 1.165) is 21.6 Å². The van der Waals surface area contributed by atoms with Crippen molar-refractivity contribution in [3.05, 3.63) is 63.9 Å². The highest BCUT2D eigenvalue weighted by Crippen LogP contribution is 2.22. The summed E-state index contributed by atoms with van der Waals surface area (Å²) in [5.74, 6) is -15.6. The van der Waals surface area contributed by atoms with E-state index in [0.29, 0.717) is 16.8 Å². The molecule has 0 saturated carbocycles. The number of carbonyl (C=O) groups excluding carboxylic acids is 7. The van der Waals surface area contributed by atoms with Gasteiger partial charge in [-0.05, 0) is 48.4 Å². The predicted molar refractivity (Wildman–Crippen MR) is 300 cm³/mol. The Bertz CT molecular complexity index is 2930. The first-order valence-corrected chi connectivity index (χ1v) is 28.3. The van der Waals surface area contributed by atoms with E-state index in [1.807, 2.05) is 10.6 Å². The normalized spacial score (nSPS) is 16.5. The topological polar surface area (TPSA) is 639 Å². The van der Waals surface area contributed by atoms with Crippen LogP contribution in [0.1, 0.15) is 35.2 Å². The number of carboxylic acids is 3. The Balaban J connectivity index is 1.89. The van der Waals surface area contributed by atoms with Gasteiger partial charge in [-0.25, -0.2) is 14.6 Å². The second-order valence-corrected chi connectivity index (χ2v) is 21.6. The molecule has 0 fully saturated rings. The molecule has 1 heterocycles. The van der Waals surface area contributed by atoms with Gasteiger partial charge in [-0.15, -0.1) is 0 Å². The summed E-state index contributed by atoms with van der Waals surface area (Å²) in [6.45, 7) is -3.79. The Kier molecular flexibility index (Phi) is 30.8. The van der Waals surface area contributed by atoms with E-state index < -0.39 is 195 Å². The number of aromatic amines is 1. The van der Waals surface area contributed by atoms with Crippen molar-refractivity contribution in [2.24, 2.45) is 0 Å². The number of ether oxygens (including phenoxy) is 1. The molecular formula is C49H68N10O27S2. The standard InChI is InChI=1S/C49H68N10O27S2/c50-49-55-23-6-1-19(11-22(23)42(77)59-49)13-51-21-4-2-20(3-5-21)41(76)52-24(47(82)83)7-8-30(67)56-32(38(73)35(70)27(64)14-60)44(79)53-25(12-31(68)69)43(78)57-34(40(75)37(72)29(66)16-62)46(81)58-33(39(74)36(71)28(65)15-61)45(80)54-26(48(84)85)17-88-87-10-9-86-18-63/h1-6,11,18,24-29,32-40,51,60-62,64-66,70-75H,7-10,12-17H2,(H,52,76)(H,53,79)(H,54,80)(H,56,67)(H,57,78)(H,58,81)(H,68,69)(H,82,83)(H,84,85)(H3,50,55,59,77)/t24-,25-,26-,27+,28+,29+,32-,33-,34-,35+,36+,37+,38+,39+,40+/m0/s1. The van der Waals surface area contributed by atoms with E-state index in [4.69, 9.17) is 5.73 Å². The van der Waals surface area contributed by atoms with Crippen molar-refractivity contribution >= 4 is 104 Å². The molecule has 25 N–H and O–H groups in total. The third-order valence-electron chi connectivity index (χ3n) is 12.6. The number of benzene rings is 2. The minimum absolute atomic E-state index is 0.0646. The maximum atomic E-state index is 14.1. The fourth-order valence-corrected chi connectivity index (χ4v) is 9.67. The van der Waals surface area contributed by atoms with Crippen LogP contribution in [0, 0.1) is 0 Å². The molecule has 0 aliphatic carbocycles. The lowest BCUT2D eigenvalue weighted by molar-refractivity contribution is -0.148. The number of carboxylic acid groups (broad SMARTS) is 3. The number of aliphatic hydroxyl groups excluding tert-OH is 12. The van der Waals surface area contributed by atoms with Crippen LogP contribution in [-0.4, -0.2) is 276 Å². The summed E-state index contributed by atoms with van der Waals surface area (Å²) in [6.07, 6.45) is -26.5. The summed E-state index contributed by atoms with van der Waals surface area (Å²) in [5.41, 5.74) is 6.56. The molecule has 1 aromatic heterocycles. The summed E-state index contributed by atoms with van der Waals surface area (Å²) in [4.78, 5) is 148. The van der Waals surface area contributed by atoms with Crippen LogP contribution >= 0.6 is 21.6 Å². The van der Waals surface area contributed by atoms with Gasteiger partial charge in [-0.3, -0.25) is 48.1 Å². The third kappa shape index (κ3) is 22.7. The average molecular weight is 1290 g/mol. The molecule has 0 aliphatic heterocycles. The number of hydrogen-bond donors (Lipinski definition) is 24. The quantitative estimate of drug-likeness (QED) is 0.0143. The number of carbonyl (C=O) groups is 10. The zero-order valence-corrected chi connectivity index (χ0v) is 47.4. The number of anilines is 2. The highest BCUT2D eigenvalue weighted by molar-refractivity contribution is 8.76. The molecule has 0 aliphatic rings. The van der Waals surface area contributed by atoms with Crippen LogP contribution in [0.15, 0.2) is 47.3 Å². The number of rotatable bonds is 40. The Morgan fingerprint density at radius 2 is 1.11 bits per heavy atom. The van der Waals surface area contributed by atoms with Gasteiger partial charge < -0.3 is 124 Å². The summed E-state index contributed by atoms with van der Waals surface area (Å²) in [7, 11) is 1.75. The van der Waals surface area contributed by atoms with Gasteiger partial charge in [0.15, 0.2) is 0 Å². The van der Waals surface area contributed by atoms with Crippen LogP contribution in [0.25, 0.3) is 10.9 Å². The Morgan fingerprint density at radius 1 is 0.614 bits per heavy atom. The first-order valence-electron chi connectivity index (χ1n) is 25.9. The van der Waals surface area contributed by atoms with Crippen molar-refractivity contribution in [2.45, 2.75) is 117 Å². The Hall–Kier alpha value is -7.90. The molecule has 2 aromatic carbocycles. The lowest BCUT2D eigenvalue weighted by atomic mass is 9.96. The zero-order valence-electron chi connectivity index (χ0n) is 45.8. The molecule has 488 valence electrons. The second kappa shape index (κ2) is 36.4. The number of nitrogens with zero attached hydrogens (tertiary/aromatic N) is 1. The summed E-state index contributed by atoms with van der Waals surface area (Å²) in [6, 6.07) is -4.13. The minimum atomic E-state index is -2.89. The number of aliphatic carboxylic acids is 3. The maximum Gasteiger partial charge on any atom is 0.327 e. The predicted octanol–water partition coefficient (Wildman–Crippen LogP) is -10.2. The number of hydrogen-bond acceptors (Lipinski definition) is 29. The lowest BCUT2D eigenvalue weighted by Gasteiger charge is -2.34. The molecule has 0 saturated heterocycles. The van der Waals surface area contributed by atoms with Gasteiger partial charge >= 0.3 is 17.9 Å². The molecule has 0 bridgehead atoms. The average Bonchev–Trinajstić information content (AvgIpc) is 3.70. The molecule has 88 heavy (non-hydrogen) atoms. The van der Waals surface area contributed by atoms with Gasteiger partial charge in [-0.1, -0.05) is 27.7 Å². The van der Waals surface area contributed by atoms with Gasteiger partial charge in [-0.2, -0.15) is 0 Å². The van der Waals surface area contributed by atoms with E-state index in [2.05, 4.69) is 25.3 Å². The number of aromatic nitrogens is 2. The molecule has 3 rings (SSSR count). The molecule has 37 nitrogen and oxygen atoms in total. The fraction of sp³-hybridized carbons (Fsp3) is 0.510. The maximum absolute atomic E-state index is 14.1. The third-order valence-corrected chi connectivity index (χ3v) is 14.9. The van der Waals surface area contributed by atoms with Crippen molar-refractivity contribution < 1.29 is 129 Å². The number of nitrogens with two attached hydrogens (primary N) is 1. The molecule has 39 heteroatoms. The molecule has 6 amide bonds. The summed E-state index contributed by atoms with van der Waals surface area (Å²) < 4.78 is 4.51. The Labute approximate surface area is 503 Å². The molecule has 0 radical (unpaired) electrons. The highest BCUT2D eigenvalue weighted by Gasteiger charge is 2.44. The van der Waals surface area contributed by atoms with Crippen molar-refractivity contribution in [3.63, 3.8) is 0 Å². The summed E-state index contributed by atoms with van der Waals surface area (Å²) in [5, 5.41) is 168. The van der Waals surface area contributed by atoms with Gasteiger partial charge in [0.2, 0.25) is 35.5 Å². The van der Waals surface area contributed by atoms with Gasteiger partial charge in [0.05, 0.1) is 37.1 Å². The lowest BCUT2D eigenvalue weighted by Crippen LogP contribution is -2.67. The second-order valence-electron chi connectivity index (χ2n) is 19.0. The number of nitrogen functional groups attached to an aromatic ring is 1. The van der Waals surface area contributed by atoms with E-state index >= 15 is 0 Å². The van der Waals surface area contributed by atoms with Crippen LogP contribution in [0.4, 0.5) is 11.6 Å². The van der Waals surface area contributed by atoms with Crippen molar-refractivity contribution in [1.82, 2.24) is 41.9 Å². The monoisotopic (exact) mass is 1290 g/mol. The van der Waals surface area contributed by atoms with Gasteiger partial charge in [0.1, 0.15) is 97.8 Å². The van der Waals surface area contributed by atoms with Crippen LogP contribution < -0.4 is 48.5 Å². The molecule has 0 unspecified atom stereocenters. The first-order chi connectivity index (χ1) is 41.5.